The number of aliphatic hydroxyl groups is 1. The van der Waals surface area contributed by atoms with Crippen LogP contribution in [0.25, 0.3) is 0 Å². The average Bonchev–Trinajstić information content (AvgIpc) is 3.18. The van der Waals surface area contributed by atoms with Gasteiger partial charge in [0.25, 0.3) is 5.91 Å². The summed E-state index contributed by atoms with van der Waals surface area (Å²) in [6.45, 7) is 14.4. The van der Waals surface area contributed by atoms with Gasteiger partial charge in [0, 0.05) is 29.6 Å². The third kappa shape index (κ3) is 8.00. The second-order valence-corrected chi connectivity index (χ2v) is 14.9. The number of anilines is 1. The number of nitrogens with one attached hydrogen (secondary N) is 1. The number of carbonyl (C=O) groups is 1. The summed E-state index contributed by atoms with van der Waals surface area (Å²) < 4.78 is 22.4. The highest BCUT2D eigenvalue weighted by molar-refractivity contribution is 7.84. The maximum atomic E-state index is 13.3. The fraction of sp³-hybridized carbons (Fsp3) is 0.639. The Morgan fingerprint density at radius 1 is 1.09 bits per heavy atom. The summed E-state index contributed by atoms with van der Waals surface area (Å²) in [5.74, 6) is 1.97. The zero-order valence-electron chi connectivity index (χ0n) is 27.5. The molecular formula is C36H53ClN2O4S. The van der Waals surface area contributed by atoms with Crippen LogP contribution in [-0.4, -0.2) is 46.3 Å². The van der Waals surface area contributed by atoms with Gasteiger partial charge in [-0.1, -0.05) is 58.2 Å². The summed E-state index contributed by atoms with van der Waals surface area (Å²) in [7, 11) is -1.49. The number of hydrogen-bond donors (Lipinski definition) is 2. The van der Waals surface area contributed by atoms with Crippen molar-refractivity contribution in [2.45, 2.75) is 104 Å². The van der Waals surface area contributed by atoms with Crippen molar-refractivity contribution in [2.24, 2.45) is 23.7 Å². The monoisotopic (exact) mass is 644 g/mol. The van der Waals surface area contributed by atoms with E-state index in [0.29, 0.717) is 24.0 Å². The molecule has 6 nitrogen and oxygen atoms in total. The third-order valence-electron chi connectivity index (χ3n) is 10.1. The van der Waals surface area contributed by atoms with Crippen molar-refractivity contribution in [3.63, 3.8) is 0 Å². The Morgan fingerprint density at radius 2 is 1.86 bits per heavy atom. The van der Waals surface area contributed by atoms with E-state index in [1.807, 2.05) is 45.9 Å². The Bertz CT molecular complexity index is 1290. The summed E-state index contributed by atoms with van der Waals surface area (Å²) in [6, 6.07) is 11.8. The first kappa shape index (κ1) is 34.8. The van der Waals surface area contributed by atoms with Crippen LogP contribution in [0.5, 0.6) is 5.75 Å². The summed E-state index contributed by atoms with van der Waals surface area (Å²) in [4.78, 5) is 15.7. The van der Waals surface area contributed by atoms with E-state index < -0.39 is 11.0 Å². The van der Waals surface area contributed by atoms with Gasteiger partial charge in [-0.25, -0.2) is 4.21 Å². The summed E-state index contributed by atoms with van der Waals surface area (Å²) >= 11 is 6.41. The first-order valence-electron chi connectivity index (χ1n) is 16.9. The predicted octanol–water partition coefficient (Wildman–Crippen LogP) is 7.93. The highest BCUT2D eigenvalue weighted by Gasteiger charge is 2.41. The average molecular weight is 645 g/mol. The number of halogens is 1. The Kier molecular flexibility index (Phi) is 12.6. The van der Waals surface area contributed by atoms with E-state index in [4.69, 9.17) is 16.3 Å². The van der Waals surface area contributed by atoms with E-state index in [9.17, 15) is 14.1 Å². The van der Waals surface area contributed by atoms with Gasteiger partial charge in [0.1, 0.15) is 16.7 Å². The van der Waals surface area contributed by atoms with Crippen LogP contribution in [-0.2, 0) is 17.4 Å². The van der Waals surface area contributed by atoms with Crippen molar-refractivity contribution in [2.75, 3.05) is 24.6 Å². The van der Waals surface area contributed by atoms with Gasteiger partial charge < -0.3 is 14.7 Å². The number of rotatable bonds is 4. The van der Waals surface area contributed by atoms with Crippen molar-refractivity contribution in [3.05, 3.63) is 58.1 Å². The fourth-order valence-electron chi connectivity index (χ4n) is 7.30. The van der Waals surface area contributed by atoms with Gasteiger partial charge in [-0.3, -0.25) is 9.52 Å². The molecule has 2 aromatic rings. The fourth-order valence-corrected chi connectivity index (χ4v) is 8.54. The molecule has 1 aliphatic carbocycles. The zero-order valence-corrected chi connectivity index (χ0v) is 29.1. The molecule has 8 atom stereocenters. The van der Waals surface area contributed by atoms with Crippen molar-refractivity contribution in [3.8, 4) is 5.75 Å². The highest BCUT2D eigenvalue weighted by atomic mass is 35.5. The minimum absolute atomic E-state index is 0.139. The standard InChI is InChI=1S/C34H47ClN2O4S.C2H6/c1-5-7-24-16-28(35)12-14-30(24)27-19-37-18-26-10-13-31(26)29(22(3)38)9-6-8-21(2)23(4)42(40)36-34(39)25-11-15-33(41-20-27)32(37)17-25;1-2/h11-12,14-17,21-23,26-27,29,31,38H,5-10,13,18-20H2,1-4H3,(H,36,39);1-2H3/t21?,22-,23?,26?,27+,29?,31?,42?;/m1./s1. The van der Waals surface area contributed by atoms with Crippen LogP contribution < -0.4 is 14.4 Å². The van der Waals surface area contributed by atoms with E-state index in [1.54, 1.807) is 6.07 Å². The Morgan fingerprint density at radius 3 is 2.55 bits per heavy atom. The number of amides is 1. The van der Waals surface area contributed by atoms with E-state index in [1.165, 1.54) is 11.1 Å². The second kappa shape index (κ2) is 16.0. The third-order valence-corrected chi connectivity index (χ3v) is 11.9. The van der Waals surface area contributed by atoms with E-state index >= 15 is 0 Å². The smallest absolute Gasteiger partial charge is 0.263 e. The molecule has 244 valence electrons. The van der Waals surface area contributed by atoms with Crippen LogP contribution in [0.15, 0.2) is 36.4 Å². The van der Waals surface area contributed by atoms with Crippen LogP contribution >= 0.6 is 11.6 Å². The van der Waals surface area contributed by atoms with E-state index in [2.05, 4.69) is 35.6 Å². The van der Waals surface area contributed by atoms with Crippen LogP contribution in [0.3, 0.4) is 0 Å². The molecule has 2 aromatic carbocycles. The number of aliphatic hydroxyl groups excluding tert-OH is 1. The molecule has 1 saturated carbocycles. The van der Waals surface area contributed by atoms with Crippen molar-refractivity contribution in [1.29, 1.82) is 0 Å². The van der Waals surface area contributed by atoms with E-state index in [0.717, 1.165) is 74.5 Å². The van der Waals surface area contributed by atoms with Crippen LogP contribution in [0.1, 0.15) is 107 Å². The Hall–Kier alpha value is -2.09. The number of benzene rings is 2. The predicted molar refractivity (Wildman–Crippen MR) is 183 cm³/mol. The molecule has 0 saturated heterocycles. The van der Waals surface area contributed by atoms with Crippen LogP contribution in [0.2, 0.25) is 5.02 Å². The number of nitrogens with zero attached hydrogens (tertiary/aromatic N) is 1. The molecule has 2 N–H and O–H groups in total. The normalized spacial score (nSPS) is 29.9. The zero-order chi connectivity index (χ0) is 32.0. The molecule has 0 spiro atoms. The highest BCUT2D eigenvalue weighted by Crippen LogP contribution is 2.46. The molecule has 3 aliphatic rings. The molecule has 5 rings (SSSR count). The minimum Gasteiger partial charge on any atom is -0.491 e. The maximum absolute atomic E-state index is 13.3. The molecule has 2 bridgehead atoms. The second-order valence-electron chi connectivity index (χ2n) is 12.9. The SMILES string of the molecule is CC.CCCc1cc(Cl)ccc1[C@@H]1COc2ccc3cc2N(CC2CCC2C([C@@H](C)O)CCCC(C)C(C)S(=O)NC3=O)C1. The molecule has 8 heteroatoms. The lowest BCUT2D eigenvalue weighted by atomic mass is 9.64. The number of ether oxygens (including phenoxy) is 1. The van der Waals surface area contributed by atoms with Crippen molar-refractivity contribution >= 4 is 34.2 Å². The molecule has 1 fully saturated rings. The Labute approximate surface area is 272 Å². The number of hydrogen-bond acceptors (Lipinski definition) is 5. The lowest BCUT2D eigenvalue weighted by Crippen LogP contribution is -2.45. The van der Waals surface area contributed by atoms with Crippen molar-refractivity contribution < 1.29 is 18.8 Å². The van der Waals surface area contributed by atoms with Gasteiger partial charge in [-0.2, -0.15) is 0 Å². The van der Waals surface area contributed by atoms with Gasteiger partial charge in [0.05, 0.1) is 23.6 Å². The molecule has 2 aliphatic heterocycles. The quantitative estimate of drug-likeness (QED) is 0.353. The number of fused-ring (bicyclic) bond motifs is 2. The lowest BCUT2D eigenvalue weighted by Gasteiger charge is -2.46. The van der Waals surface area contributed by atoms with Gasteiger partial charge in [0.15, 0.2) is 0 Å². The van der Waals surface area contributed by atoms with Crippen LogP contribution in [0, 0.1) is 23.7 Å². The van der Waals surface area contributed by atoms with Gasteiger partial charge in [0.2, 0.25) is 0 Å². The molecule has 6 unspecified atom stereocenters. The molecule has 0 radical (unpaired) electrons. The van der Waals surface area contributed by atoms with Crippen LogP contribution in [0.4, 0.5) is 5.69 Å². The summed E-state index contributed by atoms with van der Waals surface area (Å²) in [6.07, 6.45) is 6.78. The first-order chi connectivity index (χ1) is 21.2. The number of carbonyl (C=O) groups excluding carboxylic acids is 1. The van der Waals surface area contributed by atoms with Gasteiger partial charge in [-0.15, -0.1) is 0 Å². The van der Waals surface area contributed by atoms with Gasteiger partial charge >= 0.3 is 0 Å². The maximum Gasteiger partial charge on any atom is 0.263 e. The molecule has 0 aromatic heterocycles. The number of aryl methyl sites for hydroxylation is 1. The van der Waals surface area contributed by atoms with E-state index in [-0.39, 0.29) is 35.0 Å². The molecule has 44 heavy (non-hydrogen) atoms. The minimum atomic E-state index is -1.49. The van der Waals surface area contributed by atoms with Crippen molar-refractivity contribution in [1.82, 2.24) is 4.72 Å². The first-order valence-corrected chi connectivity index (χ1v) is 18.4. The largest absolute Gasteiger partial charge is 0.491 e. The van der Waals surface area contributed by atoms with Gasteiger partial charge in [-0.05, 0) is 111 Å². The summed E-state index contributed by atoms with van der Waals surface area (Å²) in [5, 5.41) is 11.5. The molecule has 1 amide bonds. The molecule has 2 heterocycles. The molecular weight excluding hydrogens is 592 g/mol. The Balaban J connectivity index is 0.00000216. The topological polar surface area (TPSA) is 78.9 Å². The summed E-state index contributed by atoms with van der Waals surface area (Å²) in [5.41, 5.74) is 3.94. The lowest BCUT2D eigenvalue weighted by molar-refractivity contribution is 0.0115.